The van der Waals surface area contributed by atoms with Crippen molar-refractivity contribution in [2.75, 3.05) is 6.61 Å². The van der Waals surface area contributed by atoms with Crippen LogP contribution in [0.15, 0.2) is 12.2 Å². The number of likely N-dealkylation sites (tertiary alicyclic amines) is 1. The Morgan fingerprint density at radius 2 is 1.82 bits per heavy atom. The highest BCUT2D eigenvalue weighted by Gasteiger charge is 2.82. The summed E-state index contributed by atoms with van der Waals surface area (Å²) in [6.07, 6.45) is -10.2. The summed E-state index contributed by atoms with van der Waals surface area (Å²) >= 11 is 0. The number of unbranched alkanes of at least 4 members (excludes halogenated alkanes) is 1. The standard InChI is InChI=1S/C13H15F6NO2/c1-2-3-6-22-10(21)20-9-5-4-8(7-9)11(20,12(14,15)16)13(17,18)19/h4-5,8-9H,2-3,6-7H2,1H3/t8-,9-/m0/s1. The van der Waals surface area contributed by atoms with E-state index in [1.807, 2.05) is 0 Å². The Morgan fingerprint density at radius 3 is 2.32 bits per heavy atom. The molecule has 22 heavy (non-hydrogen) atoms. The number of hydrogen-bond acceptors (Lipinski definition) is 2. The van der Waals surface area contributed by atoms with E-state index < -0.39 is 42.4 Å². The second-order valence-corrected chi connectivity index (χ2v) is 5.39. The van der Waals surface area contributed by atoms with Gasteiger partial charge in [0.25, 0.3) is 0 Å². The van der Waals surface area contributed by atoms with Crippen molar-refractivity contribution in [3.05, 3.63) is 12.2 Å². The van der Waals surface area contributed by atoms with E-state index >= 15 is 0 Å². The van der Waals surface area contributed by atoms with Gasteiger partial charge >= 0.3 is 18.4 Å². The van der Waals surface area contributed by atoms with Crippen molar-refractivity contribution in [3.8, 4) is 0 Å². The van der Waals surface area contributed by atoms with Crippen LogP contribution in [0.2, 0.25) is 0 Å². The maximum Gasteiger partial charge on any atom is 0.421 e. The maximum absolute atomic E-state index is 13.4. The molecular weight excluding hydrogens is 316 g/mol. The van der Waals surface area contributed by atoms with E-state index in [0.717, 1.165) is 6.08 Å². The van der Waals surface area contributed by atoms with Gasteiger partial charge in [-0.05, 0) is 12.8 Å². The van der Waals surface area contributed by atoms with Crippen molar-refractivity contribution < 1.29 is 35.9 Å². The van der Waals surface area contributed by atoms with Crippen molar-refractivity contribution in [2.45, 2.75) is 50.1 Å². The number of carbonyl (C=O) groups excluding carboxylic acids is 1. The Morgan fingerprint density at radius 1 is 1.23 bits per heavy atom. The lowest BCUT2D eigenvalue weighted by Crippen LogP contribution is -2.70. The fourth-order valence-corrected chi connectivity index (χ4v) is 3.13. The summed E-state index contributed by atoms with van der Waals surface area (Å²) in [5, 5.41) is 0. The molecule has 2 aliphatic rings. The molecule has 2 atom stereocenters. The lowest BCUT2D eigenvalue weighted by atomic mass is 9.83. The first kappa shape index (κ1) is 17.0. The van der Waals surface area contributed by atoms with Gasteiger partial charge in [-0.1, -0.05) is 25.5 Å². The monoisotopic (exact) mass is 331 g/mol. The predicted molar refractivity (Wildman–Crippen MR) is 64.0 cm³/mol. The Bertz CT molecular complexity index is 456. The fourth-order valence-electron chi connectivity index (χ4n) is 3.13. The summed E-state index contributed by atoms with van der Waals surface area (Å²) in [6, 6.07) is -1.25. The molecule has 0 radical (unpaired) electrons. The highest BCUT2D eigenvalue weighted by Crippen LogP contribution is 2.60. The third-order valence-electron chi connectivity index (χ3n) is 4.09. The molecule has 0 aromatic rings. The molecule has 1 heterocycles. The number of carbonyl (C=O) groups is 1. The first-order chi connectivity index (χ1) is 10.1. The van der Waals surface area contributed by atoms with Gasteiger partial charge in [-0.25, -0.2) is 4.79 Å². The van der Waals surface area contributed by atoms with Crippen LogP contribution in [0.1, 0.15) is 26.2 Å². The molecule has 3 nitrogen and oxygen atoms in total. The van der Waals surface area contributed by atoms with Gasteiger partial charge in [0.05, 0.1) is 12.6 Å². The molecule has 0 N–H and O–H groups in total. The average molecular weight is 331 g/mol. The van der Waals surface area contributed by atoms with Gasteiger partial charge < -0.3 is 4.74 Å². The smallest absolute Gasteiger partial charge is 0.421 e. The van der Waals surface area contributed by atoms with E-state index in [0.29, 0.717) is 12.8 Å². The second-order valence-electron chi connectivity index (χ2n) is 5.39. The zero-order valence-electron chi connectivity index (χ0n) is 11.7. The molecule has 0 saturated carbocycles. The number of halogens is 6. The van der Waals surface area contributed by atoms with E-state index in [1.54, 1.807) is 6.92 Å². The molecule has 0 spiro atoms. The third-order valence-corrected chi connectivity index (χ3v) is 4.09. The second kappa shape index (κ2) is 5.34. The van der Waals surface area contributed by atoms with Crippen LogP contribution in [-0.4, -0.2) is 41.5 Å². The van der Waals surface area contributed by atoms with E-state index in [-0.39, 0.29) is 11.5 Å². The van der Waals surface area contributed by atoms with Crippen molar-refractivity contribution in [3.63, 3.8) is 0 Å². The predicted octanol–water partition coefficient (Wildman–Crippen LogP) is 4.05. The van der Waals surface area contributed by atoms with Gasteiger partial charge in [0.15, 0.2) is 0 Å². The molecular formula is C13H15F6NO2. The van der Waals surface area contributed by atoms with Crippen LogP contribution in [0, 0.1) is 5.92 Å². The number of nitrogens with zero attached hydrogens (tertiary/aromatic N) is 1. The van der Waals surface area contributed by atoms with Crippen molar-refractivity contribution in [1.82, 2.24) is 4.90 Å². The first-order valence-corrected chi connectivity index (χ1v) is 6.85. The van der Waals surface area contributed by atoms with Gasteiger partial charge in [0, 0.05) is 5.92 Å². The molecule has 1 aliphatic carbocycles. The largest absolute Gasteiger partial charge is 0.449 e. The minimum Gasteiger partial charge on any atom is -0.449 e. The van der Waals surface area contributed by atoms with Crippen molar-refractivity contribution >= 4 is 6.09 Å². The van der Waals surface area contributed by atoms with Crippen LogP contribution in [-0.2, 0) is 4.74 Å². The van der Waals surface area contributed by atoms with Crippen molar-refractivity contribution in [1.29, 1.82) is 0 Å². The molecule has 1 aliphatic heterocycles. The molecule has 1 saturated heterocycles. The first-order valence-electron chi connectivity index (χ1n) is 6.85. The van der Waals surface area contributed by atoms with Gasteiger partial charge in [0.2, 0.25) is 5.54 Å². The molecule has 0 unspecified atom stereocenters. The zero-order valence-corrected chi connectivity index (χ0v) is 11.7. The molecule has 0 aromatic carbocycles. The number of fused-ring (bicyclic) bond motifs is 2. The SMILES string of the molecule is CCCCOC(=O)N1[C@H]2C=C[C@@H](C2)C1(C(F)(F)F)C(F)(F)F. The maximum atomic E-state index is 13.4. The fraction of sp³-hybridized carbons (Fsp3) is 0.769. The van der Waals surface area contributed by atoms with Crippen LogP contribution in [0.25, 0.3) is 0 Å². The highest BCUT2D eigenvalue weighted by atomic mass is 19.4. The highest BCUT2D eigenvalue weighted by molar-refractivity contribution is 5.71. The van der Waals surface area contributed by atoms with Gasteiger partial charge in [-0.15, -0.1) is 0 Å². The normalized spacial score (nSPS) is 26.6. The quantitative estimate of drug-likeness (QED) is 0.444. The van der Waals surface area contributed by atoms with E-state index in [1.165, 1.54) is 6.08 Å². The van der Waals surface area contributed by atoms with Crippen LogP contribution >= 0.6 is 0 Å². The van der Waals surface area contributed by atoms with Crippen LogP contribution in [0.3, 0.4) is 0 Å². The van der Waals surface area contributed by atoms with Crippen LogP contribution in [0.5, 0.6) is 0 Å². The summed E-state index contributed by atoms with van der Waals surface area (Å²) in [4.78, 5) is 11.7. The number of amides is 1. The number of hydrogen-bond donors (Lipinski definition) is 0. The molecule has 126 valence electrons. The minimum atomic E-state index is -5.64. The van der Waals surface area contributed by atoms with Gasteiger partial charge in [0.1, 0.15) is 0 Å². The summed E-state index contributed by atoms with van der Waals surface area (Å²) in [7, 11) is 0. The van der Waals surface area contributed by atoms with Gasteiger partial charge in [-0.2, -0.15) is 26.3 Å². The summed E-state index contributed by atoms with van der Waals surface area (Å²) < 4.78 is 84.8. The molecule has 9 heteroatoms. The lowest BCUT2D eigenvalue weighted by Gasteiger charge is -2.45. The topological polar surface area (TPSA) is 29.5 Å². The van der Waals surface area contributed by atoms with Gasteiger partial charge in [-0.3, -0.25) is 4.90 Å². The van der Waals surface area contributed by atoms with E-state index in [9.17, 15) is 31.1 Å². The third kappa shape index (κ3) is 2.25. The van der Waals surface area contributed by atoms with Crippen molar-refractivity contribution in [2.24, 2.45) is 5.92 Å². The van der Waals surface area contributed by atoms with Crippen LogP contribution in [0.4, 0.5) is 31.1 Å². The van der Waals surface area contributed by atoms with Crippen LogP contribution < -0.4 is 0 Å². The molecule has 1 fully saturated rings. The van der Waals surface area contributed by atoms with E-state index in [4.69, 9.17) is 0 Å². The number of rotatable bonds is 3. The minimum absolute atomic E-state index is 0.173. The molecule has 0 aromatic heterocycles. The Balaban J connectivity index is 2.41. The molecule has 2 rings (SSSR count). The number of ether oxygens (including phenoxy) is 1. The average Bonchev–Trinajstić information content (AvgIpc) is 2.95. The molecule has 1 amide bonds. The van der Waals surface area contributed by atoms with E-state index in [2.05, 4.69) is 4.74 Å². The summed E-state index contributed by atoms with van der Waals surface area (Å²) in [5.41, 5.74) is -4.21. The Labute approximate surface area is 122 Å². The summed E-state index contributed by atoms with van der Waals surface area (Å²) in [6.45, 7) is 1.54. The zero-order chi connectivity index (χ0) is 16.8. The Hall–Kier alpha value is -1.41. The number of alkyl halides is 6. The molecule has 2 bridgehead atoms. The lowest BCUT2D eigenvalue weighted by molar-refractivity contribution is -0.337. The summed E-state index contributed by atoms with van der Waals surface area (Å²) in [5.74, 6) is -1.84. The Kier molecular flexibility index (Phi) is 4.12.